The van der Waals surface area contributed by atoms with Crippen molar-refractivity contribution in [2.75, 3.05) is 0 Å². The first-order chi connectivity index (χ1) is 15.5. The van der Waals surface area contributed by atoms with Crippen LogP contribution in [0.25, 0.3) is 12.2 Å². The van der Waals surface area contributed by atoms with Crippen molar-refractivity contribution >= 4 is 55.8 Å². The highest BCUT2D eigenvalue weighted by Crippen LogP contribution is 2.12. The van der Waals surface area contributed by atoms with Gasteiger partial charge in [0.15, 0.2) is 0 Å². The van der Waals surface area contributed by atoms with Crippen molar-refractivity contribution in [2.45, 2.75) is 13.1 Å². The van der Waals surface area contributed by atoms with Crippen molar-refractivity contribution in [3.05, 3.63) is 116 Å². The fourth-order valence-electron chi connectivity index (χ4n) is 2.84. The highest BCUT2D eigenvalue weighted by molar-refractivity contribution is 9.10. The van der Waals surface area contributed by atoms with E-state index in [0.717, 1.165) is 31.2 Å². The highest BCUT2D eigenvalue weighted by atomic mass is 79.9. The molecule has 0 aromatic heterocycles. The molecule has 0 fully saturated rings. The van der Waals surface area contributed by atoms with Gasteiger partial charge in [0.25, 0.3) is 0 Å². The normalized spacial score (nSPS) is 11.1. The molecule has 4 nitrogen and oxygen atoms in total. The van der Waals surface area contributed by atoms with Gasteiger partial charge in [-0.2, -0.15) is 0 Å². The summed E-state index contributed by atoms with van der Waals surface area (Å²) in [6, 6.07) is 23.2. The van der Waals surface area contributed by atoms with Crippen LogP contribution in [0.15, 0.2) is 93.9 Å². The summed E-state index contributed by atoms with van der Waals surface area (Å²) >= 11 is 6.78. The monoisotopic (exact) mass is 552 g/mol. The number of nitrogens with one attached hydrogen (secondary N) is 2. The van der Waals surface area contributed by atoms with Gasteiger partial charge in [0.2, 0.25) is 11.8 Å². The second-order valence-corrected chi connectivity index (χ2v) is 8.86. The van der Waals surface area contributed by atoms with Crippen LogP contribution in [-0.4, -0.2) is 11.8 Å². The number of carbonyl (C=O) groups excluding carboxylic acids is 2. The molecule has 6 heteroatoms. The first-order valence-corrected chi connectivity index (χ1v) is 11.6. The summed E-state index contributed by atoms with van der Waals surface area (Å²) in [7, 11) is 0. The van der Waals surface area contributed by atoms with Crippen LogP contribution >= 0.6 is 31.9 Å². The van der Waals surface area contributed by atoms with Gasteiger partial charge in [0, 0.05) is 34.2 Å². The number of halogens is 2. The summed E-state index contributed by atoms with van der Waals surface area (Å²) in [4.78, 5) is 24.2. The predicted molar refractivity (Wildman–Crippen MR) is 136 cm³/mol. The SMILES string of the molecule is O=C(C=Cc1ccc(Br)cc1)NCc1cccc(CNC(=O)C=Cc2ccc(Br)cc2)c1. The highest BCUT2D eigenvalue weighted by Gasteiger charge is 2.01. The zero-order chi connectivity index (χ0) is 22.8. The Kier molecular flexibility index (Phi) is 9.01. The summed E-state index contributed by atoms with van der Waals surface area (Å²) < 4.78 is 1.99. The average Bonchev–Trinajstić information content (AvgIpc) is 2.81. The van der Waals surface area contributed by atoms with E-state index in [1.54, 1.807) is 12.2 Å². The molecule has 0 aliphatic heterocycles. The third-order valence-corrected chi connectivity index (χ3v) is 5.58. The van der Waals surface area contributed by atoms with Gasteiger partial charge in [-0.25, -0.2) is 0 Å². The molecule has 32 heavy (non-hydrogen) atoms. The Morgan fingerprint density at radius 2 is 1.06 bits per heavy atom. The Balaban J connectivity index is 1.46. The van der Waals surface area contributed by atoms with E-state index in [2.05, 4.69) is 42.5 Å². The maximum absolute atomic E-state index is 12.1. The van der Waals surface area contributed by atoms with Crippen LogP contribution in [0.1, 0.15) is 22.3 Å². The number of hydrogen-bond donors (Lipinski definition) is 2. The molecule has 3 aromatic rings. The summed E-state index contributed by atoms with van der Waals surface area (Å²) in [6.45, 7) is 0.823. The molecular formula is C26H22Br2N2O2. The molecule has 0 saturated heterocycles. The predicted octanol–water partition coefficient (Wildman–Crippen LogP) is 5.87. The van der Waals surface area contributed by atoms with Gasteiger partial charge in [-0.05, 0) is 58.7 Å². The number of amides is 2. The van der Waals surface area contributed by atoms with Crippen LogP contribution < -0.4 is 10.6 Å². The van der Waals surface area contributed by atoms with Crippen LogP contribution in [-0.2, 0) is 22.7 Å². The minimum Gasteiger partial charge on any atom is -0.348 e. The molecule has 0 radical (unpaired) electrons. The van der Waals surface area contributed by atoms with Gasteiger partial charge in [0.05, 0.1) is 0 Å². The lowest BCUT2D eigenvalue weighted by Crippen LogP contribution is -2.21. The van der Waals surface area contributed by atoms with Gasteiger partial charge >= 0.3 is 0 Å². The van der Waals surface area contributed by atoms with Crippen LogP contribution in [0.3, 0.4) is 0 Å². The minimum absolute atomic E-state index is 0.162. The van der Waals surface area contributed by atoms with Crippen LogP contribution in [0.5, 0.6) is 0 Å². The van der Waals surface area contributed by atoms with Gasteiger partial charge in [-0.15, -0.1) is 0 Å². The van der Waals surface area contributed by atoms with Crippen LogP contribution in [0.4, 0.5) is 0 Å². The molecule has 3 aromatic carbocycles. The van der Waals surface area contributed by atoms with E-state index >= 15 is 0 Å². The number of benzene rings is 3. The summed E-state index contributed by atoms with van der Waals surface area (Å²) in [5, 5.41) is 5.76. The van der Waals surface area contributed by atoms with Gasteiger partial charge in [-0.3, -0.25) is 9.59 Å². The number of rotatable bonds is 8. The van der Waals surface area contributed by atoms with Crippen molar-refractivity contribution < 1.29 is 9.59 Å². The van der Waals surface area contributed by atoms with Crippen molar-refractivity contribution in [1.29, 1.82) is 0 Å². The lowest BCUT2D eigenvalue weighted by Gasteiger charge is -2.07. The van der Waals surface area contributed by atoms with E-state index in [0.29, 0.717) is 13.1 Å². The summed E-state index contributed by atoms with van der Waals surface area (Å²) in [5.41, 5.74) is 3.84. The Labute approximate surface area is 204 Å². The van der Waals surface area contributed by atoms with Crippen molar-refractivity contribution in [3.8, 4) is 0 Å². The third-order valence-electron chi connectivity index (χ3n) is 4.52. The van der Waals surface area contributed by atoms with Gasteiger partial charge in [-0.1, -0.05) is 80.4 Å². The fourth-order valence-corrected chi connectivity index (χ4v) is 3.37. The van der Waals surface area contributed by atoms with E-state index in [-0.39, 0.29) is 11.8 Å². The first-order valence-electron chi connectivity index (χ1n) is 9.99. The molecule has 162 valence electrons. The zero-order valence-corrected chi connectivity index (χ0v) is 20.4. The second kappa shape index (κ2) is 12.2. The largest absolute Gasteiger partial charge is 0.348 e. The Bertz CT molecular complexity index is 1030. The molecule has 0 unspecified atom stereocenters. The van der Waals surface area contributed by atoms with Gasteiger partial charge in [0.1, 0.15) is 0 Å². The van der Waals surface area contributed by atoms with Crippen molar-refractivity contribution in [1.82, 2.24) is 10.6 Å². The summed E-state index contributed by atoms with van der Waals surface area (Å²) in [5.74, 6) is -0.325. The quantitative estimate of drug-likeness (QED) is 0.343. The molecule has 3 rings (SSSR count). The molecule has 0 aliphatic carbocycles. The maximum atomic E-state index is 12.1. The molecule has 0 atom stereocenters. The van der Waals surface area contributed by atoms with E-state index in [1.165, 1.54) is 12.2 Å². The lowest BCUT2D eigenvalue weighted by molar-refractivity contribution is -0.117. The average molecular weight is 554 g/mol. The van der Waals surface area contributed by atoms with Crippen molar-refractivity contribution in [3.63, 3.8) is 0 Å². The molecular weight excluding hydrogens is 532 g/mol. The van der Waals surface area contributed by atoms with E-state index in [9.17, 15) is 9.59 Å². The van der Waals surface area contributed by atoms with Gasteiger partial charge < -0.3 is 10.6 Å². The molecule has 0 heterocycles. The van der Waals surface area contributed by atoms with Crippen molar-refractivity contribution in [2.24, 2.45) is 0 Å². The van der Waals surface area contributed by atoms with E-state index in [1.807, 2.05) is 72.8 Å². The molecule has 0 spiro atoms. The Hall–Kier alpha value is -2.96. The molecule has 0 bridgehead atoms. The summed E-state index contributed by atoms with van der Waals surface area (Å²) in [6.07, 6.45) is 6.58. The van der Waals surface area contributed by atoms with E-state index in [4.69, 9.17) is 0 Å². The van der Waals surface area contributed by atoms with Crippen LogP contribution in [0.2, 0.25) is 0 Å². The topological polar surface area (TPSA) is 58.2 Å². The molecule has 0 saturated carbocycles. The van der Waals surface area contributed by atoms with Crippen LogP contribution in [0, 0.1) is 0 Å². The zero-order valence-electron chi connectivity index (χ0n) is 17.2. The molecule has 2 amide bonds. The first kappa shape index (κ1) is 23.7. The molecule has 2 N–H and O–H groups in total. The Morgan fingerprint density at radius 1 is 0.656 bits per heavy atom. The second-order valence-electron chi connectivity index (χ2n) is 7.03. The maximum Gasteiger partial charge on any atom is 0.244 e. The number of carbonyl (C=O) groups is 2. The third kappa shape index (κ3) is 8.29. The molecule has 0 aliphatic rings. The smallest absolute Gasteiger partial charge is 0.244 e. The van der Waals surface area contributed by atoms with E-state index < -0.39 is 0 Å². The minimum atomic E-state index is -0.162. The standard InChI is InChI=1S/C26H22Br2N2O2/c27-23-10-4-19(5-11-23)8-14-25(31)29-17-21-2-1-3-22(16-21)18-30-26(32)15-9-20-6-12-24(28)13-7-20/h1-16H,17-18H2,(H,29,31)(H,30,32). The fraction of sp³-hybridized carbons (Fsp3) is 0.0769. The Morgan fingerprint density at radius 3 is 1.47 bits per heavy atom. The number of hydrogen-bond acceptors (Lipinski definition) is 2. The lowest BCUT2D eigenvalue weighted by atomic mass is 10.1.